The first kappa shape index (κ1) is 15.1. The minimum atomic E-state index is 0.709. The Bertz CT molecular complexity index is 570. The molecule has 2 aromatic rings. The van der Waals surface area contributed by atoms with Gasteiger partial charge in [-0.3, -0.25) is 0 Å². The normalized spacial score (nSPS) is 10.8. The van der Waals surface area contributed by atoms with Crippen molar-refractivity contribution in [3.05, 3.63) is 64.2 Å². The molecule has 0 saturated heterocycles. The summed E-state index contributed by atoms with van der Waals surface area (Å²) >= 11 is 1.91. The van der Waals surface area contributed by atoms with Crippen LogP contribution < -0.4 is 5.73 Å². The Hall–Kier alpha value is -1.25. The van der Waals surface area contributed by atoms with Crippen molar-refractivity contribution in [2.24, 2.45) is 5.73 Å². The van der Waals surface area contributed by atoms with E-state index >= 15 is 0 Å². The Morgan fingerprint density at radius 1 is 0.900 bits per heavy atom. The summed E-state index contributed by atoms with van der Waals surface area (Å²) < 4.78 is 0. The molecule has 0 aromatic heterocycles. The van der Waals surface area contributed by atoms with Crippen LogP contribution in [-0.4, -0.2) is 6.54 Å². The highest BCUT2D eigenvalue weighted by Crippen LogP contribution is 2.28. The van der Waals surface area contributed by atoms with Gasteiger partial charge in [0, 0.05) is 10.6 Å². The van der Waals surface area contributed by atoms with E-state index < -0.39 is 0 Å². The van der Waals surface area contributed by atoms with Gasteiger partial charge >= 0.3 is 0 Å². The minimum absolute atomic E-state index is 0.709. The first-order valence-electron chi connectivity index (χ1n) is 7.08. The SMILES string of the molecule is Cc1cc(C)cc(CSc2ccc(C)cc2CCN)c1. The molecule has 2 aromatic carbocycles. The topological polar surface area (TPSA) is 26.0 Å². The first-order valence-corrected chi connectivity index (χ1v) is 8.06. The second-order valence-corrected chi connectivity index (χ2v) is 6.45. The van der Waals surface area contributed by atoms with Crippen LogP contribution in [0.4, 0.5) is 0 Å². The number of hydrogen-bond donors (Lipinski definition) is 1. The highest BCUT2D eigenvalue weighted by atomic mass is 32.2. The number of nitrogens with two attached hydrogens (primary N) is 1. The van der Waals surface area contributed by atoms with E-state index in [1.807, 2.05) is 11.8 Å². The summed E-state index contributed by atoms with van der Waals surface area (Å²) in [4.78, 5) is 1.36. The molecule has 2 rings (SSSR count). The minimum Gasteiger partial charge on any atom is -0.330 e. The van der Waals surface area contributed by atoms with Crippen LogP contribution in [0.3, 0.4) is 0 Å². The molecular weight excluding hydrogens is 262 g/mol. The third-order valence-electron chi connectivity index (χ3n) is 3.31. The average molecular weight is 285 g/mol. The predicted molar refractivity (Wildman–Crippen MR) is 89.4 cm³/mol. The fourth-order valence-corrected chi connectivity index (χ4v) is 3.51. The lowest BCUT2D eigenvalue weighted by Crippen LogP contribution is -2.04. The molecule has 1 nitrogen and oxygen atoms in total. The van der Waals surface area contributed by atoms with Crippen LogP contribution in [0.2, 0.25) is 0 Å². The van der Waals surface area contributed by atoms with Crippen LogP contribution >= 0.6 is 11.8 Å². The van der Waals surface area contributed by atoms with E-state index in [4.69, 9.17) is 5.73 Å². The molecule has 0 saturated carbocycles. The number of benzene rings is 2. The van der Waals surface area contributed by atoms with Gasteiger partial charge < -0.3 is 5.73 Å². The fraction of sp³-hybridized carbons (Fsp3) is 0.333. The Morgan fingerprint density at radius 2 is 1.60 bits per heavy atom. The van der Waals surface area contributed by atoms with Gasteiger partial charge in [0.15, 0.2) is 0 Å². The molecule has 106 valence electrons. The van der Waals surface area contributed by atoms with Gasteiger partial charge in [-0.25, -0.2) is 0 Å². The standard InChI is InChI=1S/C18H23NS/c1-13-4-5-18(17(11-13)6-7-19)20-12-16-9-14(2)8-15(3)10-16/h4-5,8-11H,6-7,12,19H2,1-3H3. The van der Waals surface area contributed by atoms with Crippen molar-refractivity contribution >= 4 is 11.8 Å². The number of aryl methyl sites for hydroxylation is 3. The molecule has 0 aliphatic heterocycles. The van der Waals surface area contributed by atoms with Crippen LogP contribution in [0, 0.1) is 20.8 Å². The van der Waals surface area contributed by atoms with Gasteiger partial charge in [-0.2, -0.15) is 0 Å². The molecule has 0 aliphatic rings. The van der Waals surface area contributed by atoms with Gasteiger partial charge in [-0.1, -0.05) is 47.0 Å². The van der Waals surface area contributed by atoms with Gasteiger partial charge in [0.2, 0.25) is 0 Å². The zero-order valence-electron chi connectivity index (χ0n) is 12.6. The number of thioether (sulfide) groups is 1. The average Bonchev–Trinajstić information content (AvgIpc) is 2.37. The van der Waals surface area contributed by atoms with Crippen molar-refractivity contribution in [3.8, 4) is 0 Å². The first-order chi connectivity index (χ1) is 9.58. The zero-order valence-corrected chi connectivity index (χ0v) is 13.4. The van der Waals surface area contributed by atoms with Crippen LogP contribution in [0.1, 0.15) is 27.8 Å². The molecule has 0 bridgehead atoms. The monoisotopic (exact) mass is 285 g/mol. The van der Waals surface area contributed by atoms with Crippen molar-refractivity contribution in [2.75, 3.05) is 6.54 Å². The van der Waals surface area contributed by atoms with E-state index in [2.05, 4.69) is 57.2 Å². The molecule has 2 N–H and O–H groups in total. The van der Waals surface area contributed by atoms with Gasteiger partial charge in [0.1, 0.15) is 0 Å². The molecule has 0 unspecified atom stereocenters. The lowest BCUT2D eigenvalue weighted by Gasteiger charge is -2.10. The second kappa shape index (κ2) is 6.96. The zero-order chi connectivity index (χ0) is 14.5. The molecule has 0 amide bonds. The molecule has 0 atom stereocenters. The highest BCUT2D eigenvalue weighted by molar-refractivity contribution is 7.98. The van der Waals surface area contributed by atoms with E-state index in [0.29, 0.717) is 6.54 Å². The second-order valence-electron chi connectivity index (χ2n) is 5.43. The summed E-state index contributed by atoms with van der Waals surface area (Å²) in [7, 11) is 0. The third kappa shape index (κ3) is 4.12. The van der Waals surface area contributed by atoms with Gasteiger partial charge in [0.25, 0.3) is 0 Å². The van der Waals surface area contributed by atoms with E-state index in [1.54, 1.807) is 0 Å². The molecule has 20 heavy (non-hydrogen) atoms. The molecule has 0 fully saturated rings. The third-order valence-corrected chi connectivity index (χ3v) is 4.49. The van der Waals surface area contributed by atoms with E-state index in [9.17, 15) is 0 Å². The van der Waals surface area contributed by atoms with E-state index in [1.165, 1.54) is 32.7 Å². The Labute approximate surface area is 126 Å². The maximum atomic E-state index is 5.72. The van der Waals surface area contributed by atoms with Crippen molar-refractivity contribution in [3.63, 3.8) is 0 Å². The van der Waals surface area contributed by atoms with E-state index in [0.717, 1.165) is 12.2 Å². The van der Waals surface area contributed by atoms with Crippen molar-refractivity contribution in [1.82, 2.24) is 0 Å². The molecule has 0 heterocycles. The largest absolute Gasteiger partial charge is 0.330 e. The lowest BCUT2D eigenvalue weighted by molar-refractivity contribution is 0.941. The van der Waals surface area contributed by atoms with Crippen molar-refractivity contribution < 1.29 is 0 Å². The van der Waals surface area contributed by atoms with Crippen LogP contribution in [0.25, 0.3) is 0 Å². The smallest absolute Gasteiger partial charge is 0.0232 e. The summed E-state index contributed by atoms with van der Waals surface area (Å²) in [5.41, 5.74) is 12.5. The number of rotatable bonds is 5. The lowest BCUT2D eigenvalue weighted by atomic mass is 10.1. The molecule has 0 aliphatic carbocycles. The Balaban J connectivity index is 2.13. The Morgan fingerprint density at radius 3 is 2.25 bits per heavy atom. The summed E-state index contributed by atoms with van der Waals surface area (Å²) in [6.07, 6.45) is 0.955. The summed E-state index contributed by atoms with van der Waals surface area (Å²) in [5, 5.41) is 0. The maximum absolute atomic E-state index is 5.72. The van der Waals surface area contributed by atoms with E-state index in [-0.39, 0.29) is 0 Å². The molecular formula is C18H23NS. The van der Waals surface area contributed by atoms with Crippen LogP contribution in [-0.2, 0) is 12.2 Å². The van der Waals surface area contributed by atoms with Crippen molar-refractivity contribution in [2.45, 2.75) is 37.8 Å². The van der Waals surface area contributed by atoms with Crippen LogP contribution in [0.15, 0.2) is 41.3 Å². The van der Waals surface area contributed by atoms with Gasteiger partial charge in [-0.15, -0.1) is 11.8 Å². The Kier molecular flexibility index (Phi) is 5.27. The highest BCUT2D eigenvalue weighted by Gasteiger charge is 2.04. The van der Waals surface area contributed by atoms with Crippen molar-refractivity contribution in [1.29, 1.82) is 0 Å². The summed E-state index contributed by atoms with van der Waals surface area (Å²) in [6.45, 7) is 7.17. The molecule has 0 radical (unpaired) electrons. The summed E-state index contributed by atoms with van der Waals surface area (Å²) in [5.74, 6) is 1.02. The predicted octanol–water partition coefficient (Wildman–Crippen LogP) is 4.41. The fourth-order valence-electron chi connectivity index (χ4n) is 2.51. The van der Waals surface area contributed by atoms with Gasteiger partial charge in [0.05, 0.1) is 0 Å². The van der Waals surface area contributed by atoms with Crippen LogP contribution in [0.5, 0.6) is 0 Å². The molecule has 0 spiro atoms. The maximum Gasteiger partial charge on any atom is 0.0232 e. The summed E-state index contributed by atoms with van der Waals surface area (Å²) in [6, 6.07) is 13.4. The quantitative estimate of drug-likeness (QED) is 0.824. The molecule has 2 heteroatoms. The number of hydrogen-bond acceptors (Lipinski definition) is 2. The van der Waals surface area contributed by atoms with Gasteiger partial charge in [-0.05, 0) is 50.9 Å².